The Bertz CT molecular complexity index is 1240. The van der Waals surface area contributed by atoms with Gasteiger partial charge in [-0.05, 0) is 67.6 Å². The first-order chi connectivity index (χ1) is 14.8. The molecule has 1 amide bonds. The molecule has 156 valence electrons. The summed E-state index contributed by atoms with van der Waals surface area (Å²) in [5, 5.41) is 11.0. The van der Waals surface area contributed by atoms with Gasteiger partial charge in [0.25, 0.3) is 11.6 Å². The van der Waals surface area contributed by atoms with Gasteiger partial charge in [-0.25, -0.2) is 4.98 Å². The van der Waals surface area contributed by atoms with Crippen LogP contribution in [0.15, 0.2) is 58.6 Å². The number of carbonyl (C=O) groups excluding carboxylic acids is 1. The first kappa shape index (κ1) is 20.4. The molecule has 0 radical (unpaired) electrons. The van der Waals surface area contributed by atoms with Gasteiger partial charge in [0.15, 0.2) is 5.17 Å². The number of rotatable bonds is 5. The summed E-state index contributed by atoms with van der Waals surface area (Å²) in [4.78, 5) is 30.3. The summed E-state index contributed by atoms with van der Waals surface area (Å²) in [6, 6.07) is 12.2. The molecule has 0 fully saturated rings. The van der Waals surface area contributed by atoms with Crippen LogP contribution in [0, 0.1) is 24.0 Å². The fourth-order valence-corrected chi connectivity index (χ4v) is 3.90. The number of nitro groups is 1. The van der Waals surface area contributed by atoms with Crippen LogP contribution in [0.25, 0.3) is 11.8 Å². The van der Waals surface area contributed by atoms with E-state index >= 15 is 0 Å². The standard InChI is InChI=1S/C21H17N5O4S/c1-12-9-14(10-18-20(27)24-21(22)31-18)13(2)25(12)15-3-6-17(7-4-15)30-19-8-5-16(11-23-19)26(28)29/h3-11H,1-2H3,(H2,22,24,27)/b18-10-. The highest BCUT2D eigenvalue weighted by atomic mass is 32.2. The number of benzene rings is 1. The second kappa shape index (κ2) is 8.07. The van der Waals surface area contributed by atoms with Crippen molar-refractivity contribution in [3.8, 4) is 17.3 Å². The van der Waals surface area contributed by atoms with Crippen molar-refractivity contribution in [2.75, 3.05) is 0 Å². The zero-order valence-corrected chi connectivity index (χ0v) is 17.4. The van der Waals surface area contributed by atoms with Crippen LogP contribution < -0.4 is 10.5 Å². The topological polar surface area (TPSA) is 126 Å². The Morgan fingerprint density at radius 2 is 1.94 bits per heavy atom. The van der Waals surface area contributed by atoms with Crippen LogP contribution in [0.5, 0.6) is 11.6 Å². The van der Waals surface area contributed by atoms with Crippen molar-refractivity contribution in [2.45, 2.75) is 13.8 Å². The first-order valence-corrected chi connectivity index (χ1v) is 9.99. The smallest absolute Gasteiger partial charge is 0.287 e. The largest absolute Gasteiger partial charge is 0.439 e. The molecule has 1 aliphatic heterocycles. The molecule has 1 aromatic carbocycles. The van der Waals surface area contributed by atoms with Crippen LogP contribution >= 0.6 is 11.8 Å². The summed E-state index contributed by atoms with van der Waals surface area (Å²) in [5.74, 6) is 0.491. The van der Waals surface area contributed by atoms with Gasteiger partial charge < -0.3 is 15.0 Å². The fourth-order valence-electron chi connectivity index (χ4n) is 3.22. The number of hydrogen-bond acceptors (Lipinski definition) is 7. The molecular formula is C21H17N5O4S. The predicted octanol–water partition coefficient (Wildman–Crippen LogP) is 4.12. The second-order valence-corrected chi connectivity index (χ2v) is 7.80. The quantitative estimate of drug-likeness (QED) is 0.363. The molecule has 3 aromatic rings. The van der Waals surface area contributed by atoms with Gasteiger partial charge in [0.1, 0.15) is 11.9 Å². The van der Waals surface area contributed by atoms with E-state index < -0.39 is 4.92 Å². The Morgan fingerprint density at radius 3 is 2.52 bits per heavy atom. The van der Waals surface area contributed by atoms with Gasteiger partial charge in [0.05, 0.1) is 9.83 Å². The Hall–Kier alpha value is -3.92. The zero-order chi connectivity index (χ0) is 22.1. The maximum Gasteiger partial charge on any atom is 0.287 e. The number of carbonyl (C=O) groups is 1. The monoisotopic (exact) mass is 435 g/mol. The molecule has 2 aromatic heterocycles. The molecule has 1 aliphatic rings. The predicted molar refractivity (Wildman–Crippen MR) is 118 cm³/mol. The number of hydrogen-bond donors (Lipinski definition) is 1. The number of thioether (sulfide) groups is 1. The number of pyridine rings is 1. The summed E-state index contributed by atoms with van der Waals surface area (Å²) in [7, 11) is 0. The third-order valence-electron chi connectivity index (χ3n) is 4.64. The van der Waals surface area contributed by atoms with E-state index in [-0.39, 0.29) is 22.6 Å². The van der Waals surface area contributed by atoms with Crippen molar-refractivity contribution >= 4 is 34.6 Å². The van der Waals surface area contributed by atoms with Crippen LogP contribution in [-0.4, -0.2) is 25.5 Å². The number of ether oxygens (including phenoxy) is 1. The van der Waals surface area contributed by atoms with E-state index in [2.05, 4.69) is 14.5 Å². The average Bonchev–Trinajstić information content (AvgIpc) is 3.20. The van der Waals surface area contributed by atoms with Crippen molar-refractivity contribution in [1.82, 2.24) is 9.55 Å². The third kappa shape index (κ3) is 4.19. The van der Waals surface area contributed by atoms with Crippen molar-refractivity contribution in [1.29, 1.82) is 0 Å². The Balaban J connectivity index is 1.55. The van der Waals surface area contributed by atoms with Crippen LogP contribution in [-0.2, 0) is 4.79 Å². The SMILES string of the molecule is Cc1cc(/C=C2\SC(N)=NC2=O)c(C)n1-c1ccc(Oc2ccc([N+](=O)[O-])cn2)cc1. The van der Waals surface area contributed by atoms with E-state index in [9.17, 15) is 14.9 Å². The lowest BCUT2D eigenvalue weighted by Crippen LogP contribution is -2.01. The van der Waals surface area contributed by atoms with Gasteiger partial charge in [0, 0.05) is 29.2 Å². The Labute approximate surface area is 181 Å². The number of nitrogens with two attached hydrogens (primary N) is 1. The highest BCUT2D eigenvalue weighted by Crippen LogP contribution is 2.30. The van der Waals surface area contributed by atoms with E-state index in [1.54, 1.807) is 18.2 Å². The van der Waals surface area contributed by atoms with Crippen LogP contribution in [0.1, 0.15) is 17.0 Å². The lowest BCUT2D eigenvalue weighted by molar-refractivity contribution is -0.385. The molecule has 31 heavy (non-hydrogen) atoms. The molecule has 3 heterocycles. The third-order valence-corrected chi connectivity index (χ3v) is 5.46. The second-order valence-electron chi connectivity index (χ2n) is 6.74. The van der Waals surface area contributed by atoms with E-state index in [0.717, 1.165) is 40.6 Å². The Kier molecular flexibility index (Phi) is 5.30. The first-order valence-electron chi connectivity index (χ1n) is 9.17. The fraction of sp³-hybridized carbons (Fsp3) is 0.0952. The summed E-state index contributed by atoms with van der Waals surface area (Å²) in [5.41, 5.74) is 9.32. The number of aliphatic imine (C=N–C) groups is 1. The van der Waals surface area contributed by atoms with E-state index in [1.807, 2.05) is 32.0 Å². The van der Waals surface area contributed by atoms with Crippen LogP contribution in [0.3, 0.4) is 0 Å². The summed E-state index contributed by atoms with van der Waals surface area (Å²) < 4.78 is 7.73. The van der Waals surface area contributed by atoms with Crippen molar-refractivity contribution < 1.29 is 14.5 Å². The van der Waals surface area contributed by atoms with Gasteiger partial charge in [-0.15, -0.1) is 0 Å². The molecular weight excluding hydrogens is 418 g/mol. The number of aromatic nitrogens is 2. The van der Waals surface area contributed by atoms with E-state index in [4.69, 9.17) is 10.5 Å². The highest BCUT2D eigenvalue weighted by molar-refractivity contribution is 8.18. The Morgan fingerprint density at radius 1 is 1.19 bits per heavy atom. The van der Waals surface area contributed by atoms with Gasteiger partial charge in [-0.1, -0.05) is 0 Å². The molecule has 0 saturated heterocycles. The van der Waals surface area contributed by atoms with Crippen LogP contribution in [0.4, 0.5) is 5.69 Å². The molecule has 0 unspecified atom stereocenters. The molecule has 0 atom stereocenters. The molecule has 0 spiro atoms. The van der Waals surface area contributed by atoms with Crippen molar-refractivity contribution in [2.24, 2.45) is 10.7 Å². The van der Waals surface area contributed by atoms with Crippen molar-refractivity contribution in [3.63, 3.8) is 0 Å². The zero-order valence-electron chi connectivity index (χ0n) is 16.6. The minimum absolute atomic E-state index is 0.0982. The van der Waals surface area contributed by atoms with E-state index in [0.29, 0.717) is 10.7 Å². The minimum Gasteiger partial charge on any atom is -0.439 e. The normalized spacial score (nSPS) is 14.7. The lowest BCUT2D eigenvalue weighted by Gasteiger charge is -2.11. The maximum absolute atomic E-state index is 11.9. The lowest BCUT2D eigenvalue weighted by atomic mass is 10.2. The van der Waals surface area contributed by atoms with E-state index in [1.165, 1.54) is 12.1 Å². The summed E-state index contributed by atoms with van der Waals surface area (Å²) in [6.45, 7) is 3.95. The molecule has 2 N–H and O–H groups in total. The molecule has 4 rings (SSSR count). The van der Waals surface area contributed by atoms with Crippen molar-refractivity contribution in [3.05, 3.63) is 80.6 Å². The van der Waals surface area contributed by atoms with Gasteiger partial charge >= 0.3 is 0 Å². The number of amides is 1. The summed E-state index contributed by atoms with van der Waals surface area (Å²) in [6.07, 6.45) is 2.95. The average molecular weight is 435 g/mol. The highest BCUT2D eigenvalue weighted by Gasteiger charge is 2.20. The minimum atomic E-state index is -0.513. The number of amidine groups is 1. The molecule has 9 nitrogen and oxygen atoms in total. The van der Waals surface area contributed by atoms with Gasteiger partial charge in [-0.3, -0.25) is 14.9 Å². The molecule has 0 aliphatic carbocycles. The molecule has 0 saturated carbocycles. The van der Waals surface area contributed by atoms with Crippen LogP contribution in [0.2, 0.25) is 0 Å². The van der Waals surface area contributed by atoms with Gasteiger partial charge in [-0.2, -0.15) is 4.99 Å². The maximum atomic E-state index is 11.9. The number of aryl methyl sites for hydroxylation is 1. The molecule has 10 heteroatoms. The summed E-state index contributed by atoms with van der Waals surface area (Å²) >= 11 is 1.16. The number of nitrogens with zero attached hydrogens (tertiary/aromatic N) is 4. The molecule has 0 bridgehead atoms. The van der Waals surface area contributed by atoms with Gasteiger partial charge in [0.2, 0.25) is 5.88 Å².